The van der Waals surface area contributed by atoms with E-state index in [2.05, 4.69) is 17.1 Å². The van der Waals surface area contributed by atoms with Gasteiger partial charge >= 0.3 is 0 Å². The Morgan fingerprint density at radius 2 is 2.26 bits per heavy atom. The minimum atomic E-state index is -0.306. The van der Waals surface area contributed by atoms with Crippen LogP contribution in [0.1, 0.15) is 31.9 Å². The summed E-state index contributed by atoms with van der Waals surface area (Å²) in [5.74, 6) is 0.399. The molecule has 1 aromatic rings. The van der Waals surface area contributed by atoms with Crippen LogP contribution in [0.2, 0.25) is 0 Å². The third-order valence-corrected chi connectivity index (χ3v) is 4.18. The van der Waals surface area contributed by atoms with Crippen LogP contribution in [0.4, 0.5) is 0 Å². The molecule has 2 unspecified atom stereocenters. The summed E-state index contributed by atoms with van der Waals surface area (Å²) in [6.45, 7) is 5.79. The van der Waals surface area contributed by atoms with Crippen molar-refractivity contribution in [3.63, 3.8) is 0 Å². The highest BCUT2D eigenvalue weighted by Gasteiger charge is 2.41. The fourth-order valence-corrected chi connectivity index (χ4v) is 2.81. The number of phenols is 1. The number of hydrogen-bond donors (Lipinski definition) is 2. The Morgan fingerprint density at radius 3 is 2.89 bits per heavy atom. The van der Waals surface area contributed by atoms with Crippen molar-refractivity contribution in [2.24, 2.45) is 5.41 Å². The van der Waals surface area contributed by atoms with Gasteiger partial charge in [-0.05, 0) is 44.5 Å². The molecule has 4 heteroatoms. The molecule has 0 radical (unpaired) electrons. The molecule has 1 aromatic carbocycles. The van der Waals surface area contributed by atoms with E-state index in [0.29, 0.717) is 0 Å². The van der Waals surface area contributed by atoms with E-state index in [4.69, 9.17) is 0 Å². The van der Waals surface area contributed by atoms with Crippen LogP contribution < -0.4 is 5.32 Å². The number of benzene rings is 1. The van der Waals surface area contributed by atoms with Gasteiger partial charge in [-0.1, -0.05) is 12.1 Å². The second-order valence-corrected chi connectivity index (χ2v) is 5.63. The molecule has 0 saturated carbocycles. The van der Waals surface area contributed by atoms with E-state index in [1.54, 1.807) is 19.2 Å². The van der Waals surface area contributed by atoms with Gasteiger partial charge in [0.25, 0.3) is 0 Å². The number of likely N-dealkylation sites (tertiary alicyclic amines) is 1. The van der Waals surface area contributed by atoms with E-state index in [0.717, 1.165) is 25.1 Å². The van der Waals surface area contributed by atoms with Gasteiger partial charge in [-0.2, -0.15) is 0 Å². The Kier molecular flexibility index (Phi) is 3.80. The van der Waals surface area contributed by atoms with Crippen LogP contribution in [-0.2, 0) is 4.79 Å². The summed E-state index contributed by atoms with van der Waals surface area (Å²) in [5.41, 5.74) is 0.779. The quantitative estimate of drug-likeness (QED) is 0.875. The summed E-state index contributed by atoms with van der Waals surface area (Å²) in [5, 5.41) is 12.3. The predicted octanol–water partition coefficient (Wildman–Crippen LogP) is 1.91. The maximum absolute atomic E-state index is 11.9. The molecule has 1 amide bonds. The smallest absolute Gasteiger partial charge is 0.227 e. The SMILES string of the molecule is CNC(=O)C1(C)CCN(C(C)c2cccc(O)c2)C1. The van der Waals surface area contributed by atoms with Crippen molar-refractivity contribution in [2.75, 3.05) is 20.1 Å². The fraction of sp³-hybridized carbons (Fsp3) is 0.533. The summed E-state index contributed by atoms with van der Waals surface area (Å²) in [7, 11) is 1.69. The Balaban J connectivity index is 2.11. The number of hydrogen-bond acceptors (Lipinski definition) is 3. The number of carbonyl (C=O) groups excluding carboxylic acids is 1. The van der Waals surface area contributed by atoms with E-state index < -0.39 is 0 Å². The molecule has 1 heterocycles. The van der Waals surface area contributed by atoms with E-state index >= 15 is 0 Å². The number of nitrogens with one attached hydrogen (secondary N) is 1. The second-order valence-electron chi connectivity index (χ2n) is 5.63. The molecular formula is C15H22N2O2. The molecule has 0 aromatic heterocycles. The van der Waals surface area contributed by atoms with Gasteiger partial charge in [0.2, 0.25) is 5.91 Å². The molecular weight excluding hydrogens is 240 g/mol. The van der Waals surface area contributed by atoms with E-state index in [1.807, 2.05) is 19.1 Å². The van der Waals surface area contributed by atoms with Gasteiger partial charge in [0, 0.05) is 19.6 Å². The van der Waals surface area contributed by atoms with Gasteiger partial charge < -0.3 is 10.4 Å². The first kappa shape index (κ1) is 13.9. The summed E-state index contributed by atoms with van der Waals surface area (Å²) in [6, 6.07) is 7.54. The van der Waals surface area contributed by atoms with Crippen molar-refractivity contribution >= 4 is 5.91 Å². The van der Waals surface area contributed by atoms with E-state index in [9.17, 15) is 9.90 Å². The van der Waals surface area contributed by atoms with Crippen LogP contribution in [0.3, 0.4) is 0 Å². The normalized spacial score (nSPS) is 25.2. The molecule has 4 nitrogen and oxygen atoms in total. The van der Waals surface area contributed by atoms with Crippen molar-refractivity contribution in [2.45, 2.75) is 26.3 Å². The Hall–Kier alpha value is -1.55. The van der Waals surface area contributed by atoms with Gasteiger partial charge in [0.15, 0.2) is 0 Å². The first-order valence-corrected chi connectivity index (χ1v) is 6.71. The van der Waals surface area contributed by atoms with E-state index in [1.165, 1.54) is 0 Å². The van der Waals surface area contributed by atoms with Crippen molar-refractivity contribution in [1.82, 2.24) is 10.2 Å². The highest BCUT2D eigenvalue weighted by Crippen LogP contribution is 2.35. The number of phenolic OH excluding ortho intramolecular Hbond substituents is 1. The fourth-order valence-electron chi connectivity index (χ4n) is 2.81. The van der Waals surface area contributed by atoms with E-state index in [-0.39, 0.29) is 23.1 Å². The number of carbonyl (C=O) groups is 1. The Labute approximate surface area is 114 Å². The van der Waals surface area contributed by atoms with Crippen LogP contribution in [-0.4, -0.2) is 36.1 Å². The lowest BCUT2D eigenvalue weighted by molar-refractivity contribution is -0.129. The topological polar surface area (TPSA) is 52.6 Å². The largest absolute Gasteiger partial charge is 0.508 e. The highest BCUT2D eigenvalue weighted by molar-refractivity contribution is 5.82. The number of rotatable bonds is 3. The molecule has 1 saturated heterocycles. The first-order valence-electron chi connectivity index (χ1n) is 6.71. The van der Waals surface area contributed by atoms with Crippen molar-refractivity contribution in [1.29, 1.82) is 0 Å². The molecule has 0 bridgehead atoms. The molecule has 1 aliphatic heterocycles. The lowest BCUT2D eigenvalue weighted by Gasteiger charge is -2.27. The first-order chi connectivity index (χ1) is 8.96. The molecule has 19 heavy (non-hydrogen) atoms. The molecule has 1 aliphatic rings. The standard InChI is InChI=1S/C15H22N2O2/c1-11(12-5-4-6-13(18)9-12)17-8-7-15(2,10-17)14(19)16-3/h4-6,9,11,18H,7-8,10H2,1-3H3,(H,16,19). The van der Waals surface area contributed by atoms with Gasteiger partial charge in [-0.25, -0.2) is 0 Å². The monoisotopic (exact) mass is 262 g/mol. The van der Waals surface area contributed by atoms with Crippen LogP contribution in [0.25, 0.3) is 0 Å². The third kappa shape index (κ3) is 2.73. The molecule has 0 spiro atoms. The predicted molar refractivity (Wildman–Crippen MR) is 74.9 cm³/mol. The van der Waals surface area contributed by atoms with Gasteiger partial charge in [-0.3, -0.25) is 9.69 Å². The number of aromatic hydroxyl groups is 1. The van der Waals surface area contributed by atoms with Crippen LogP contribution >= 0.6 is 0 Å². The molecule has 2 N–H and O–H groups in total. The molecule has 0 aliphatic carbocycles. The Morgan fingerprint density at radius 1 is 1.53 bits per heavy atom. The van der Waals surface area contributed by atoms with Gasteiger partial charge in [0.1, 0.15) is 5.75 Å². The van der Waals surface area contributed by atoms with Crippen LogP contribution in [0.5, 0.6) is 5.75 Å². The number of nitrogens with zero attached hydrogens (tertiary/aromatic N) is 1. The second kappa shape index (κ2) is 5.21. The zero-order valence-electron chi connectivity index (χ0n) is 11.8. The molecule has 104 valence electrons. The average molecular weight is 262 g/mol. The zero-order chi connectivity index (χ0) is 14.0. The number of amides is 1. The molecule has 2 rings (SSSR count). The maximum atomic E-state index is 11.9. The summed E-state index contributed by atoms with van der Waals surface area (Å²) >= 11 is 0. The minimum absolute atomic E-state index is 0.109. The van der Waals surface area contributed by atoms with Crippen molar-refractivity contribution in [3.05, 3.63) is 29.8 Å². The average Bonchev–Trinajstić information content (AvgIpc) is 2.81. The molecule has 2 atom stereocenters. The summed E-state index contributed by atoms with van der Waals surface area (Å²) in [6.07, 6.45) is 0.871. The summed E-state index contributed by atoms with van der Waals surface area (Å²) in [4.78, 5) is 14.2. The Bertz CT molecular complexity index is 475. The highest BCUT2D eigenvalue weighted by atomic mass is 16.3. The van der Waals surface area contributed by atoms with Gasteiger partial charge in [0.05, 0.1) is 5.41 Å². The zero-order valence-corrected chi connectivity index (χ0v) is 11.8. The lowest BCUT2D eigenvalue weighted by Crippen LogP contribution is -2.39. The van der Waals surface area contributed by atoms with Crippen LogP contribution in [0, 0.1) is 5.41 Å². The lowest BCUT2D eigenvalue weighted by atomic mass is 9.89. The third-order valence-electron chi connectivity index (χ3n) is 4.18. The van der Waals surface area contributed by atoms with Gasteiger partial charge in [-0.15, -0.1) is 0 Å². The van der Waals surface area contributed by atoms with Crippen LogP contribution in [0.15, 0.2) is 24.3 Å². The van der Waals surface area contributed by atoms with Crippen molar-refractivity contribution < 1.29 is 9.90 Å². The minimum Gasteiger partial charge on any atom is -0.508 e. The van der Waals surface area contributed by atoms with Crippen molar-refractivity contribution in [3.8, 4) is 5.75 Å². The molecule has 1 fully saturated rings. The summed E-state index contributed by atoms with van der Waals surface area (Å²) < 4.78 is 0. The maximum Gasteiger partial charge on any atom is 0.227 e.